The minimum absolute atomic E-state index is 0.307. The highest BCUT2D eigenvalue weighted by Crippen LogP contribution is 2.32. The van der Waals surface area contributed by atoms with Gasteiger partial charge in [0.05, 0.1) is 11.1 Å². The first-order valence-corrected chi connectivity index (χ1v) is 7.56. The van der Waals surface area contributed by atoms with Crippen molar-refractivity contribution in [3.05, 3.63) is 67.4 Å². The van der Waals surface area contributed by atoms with Crippen LogP contribution in [-0.2, 0) is 0 Å². The van der Waals surface area contributed by atoms with Crippen molar-refractivity contribution in [1.82, 2.24) is 5.32 Å². The highest BCUT2D eigenvalue weighted by Gasteiger charge is 2.18. The number of nitrogens with one attached hydrogen (secondary N) is 1. The van der Waals surface area contributed by atoms with Gasteiger partial charge in [-0.3, -0.25) is 0 Å². The number of benzene rings is 2. The normalized spacial score (nSPS) is 12.5. The van der Waals surface area contributed by atoms with Crippen molar-refractivity contribution in [2.24, 2.45) is 0 Å². The highest BCUT2D eigenvalue weighted by atomic mass is 79.9. The van der Waals surface area contributed by atoms with E-state index in [4.69, 9.17) is 23.2 Å². The Balaban J connectivity index is 2.55. The molecule has 0 saturated carbocycles. The van der Waals surface area contributed by atoms with Gasteiger partial charge in [-0.05, 0) is 65.3 Å². The molecule has 2 aromatic carbocycles. The van der Waals surface area contributed by atoms with Crippen LogP contribution in [0.2, 0.25) is 10.0 Å². The average Bonchev–Trinajstić information content (AvgIpc) is 2.35. The molecule has 0 fully saturated rings. The molecule has 0 aliphatic heterocycles. The third-order valence-corrected chi connectivity index (χ3v) is 4.45. The first kappa shape index (κ1) is 15.8. The van der Waals surface area contributed by atoms with Crippen molar-refractivity contribution in [3.63, 3.8) is 0 Å². The minimum atomic E-state index is -0.321. The topological polar surface area (TPSA) is 12.0 Å². The zero-order chi connectivity index (χ0) is 14.9. The van der Waals surface area contributed by atoms with E-state index in [1.54, 1.807) is 13.1 Å². The van der Waals surface area contributed by atoms with E-state index in [0.717, 1.165) is 11.1 Å². The molecule has 20 heavy (non-hydrogen) atoms. The van der Waals surface area contributed by atoms with Crippen molar-refractivity contribution in [2.45, 2.75) is 13.0 Å². The van der Waals surface area contributed by atoms with Crippen LogP contribution in [0.1, 0.15) is 22.7 Å². The number of aryl methyl sites for hydroxylation is 1. The Kier molecular flexibility index (Phi) is 5.08. The van der Waals surface area contributed by atoms with Gasteiger partial charge in [-0.2, -0.15) is 0 Å². The van der Waals surface area contributed by atoms with E-state index < -0.39 is 0 Å². The predicted octanol–water partition coefficient (Wildman–Crippen LogP) is 5.51. The number of hydrogen-bond donors (Lipinski definition) is 1. The fourth-order valence-corrected chi connectivity index (χ4v) is 2.98. The predicted molar refractivity (Wildman–Crippen MR) is 86.2 cm³/mol. The van der Waals surface area contributed by atoms with E-state index in [2.05, 4.69) is 21.2 Å². The van der Waals surface area contributed by atoms with Gasteiger partial charge in [-0.25, -0.2) is 4.39 Å². The van der Waals surface area contributed by atoms with E-state index in [1.165, 1.54) is 6.07 Å². The highest BCUT2D eigenvalue weighted by molar-refractivity contribution is 9.10. The molecule has 106 valence electrons. The van der Waals surface area contributed by atoms with Gasteiger partial charge in [0.15, 0.2) is 0 Å². The molecule has 1 N–H and O–H groups in total. The average molecular weight is 377 g/mol. The summed E-state index contributed by atoms with van der Waals surface area (Å²) in [7, 11) is 1.77. The van der Waals surface area contributed by atoms with Gasteiger partial charge in [-0.1, -0.05) is 29.3 Å². The fourth-order valence-electron chi connectivity index (χ4n) is 2.19. The fraction of sp³-hybridized carbons (Fsp3) is 0.200. The largest absolute Gasteiger partial charge is 0.309 e. The van der Waals surface area contributed by atoms with Crippen molar-refractivity contribution in [1.29, 1.82) is 0 Å². The molecule has 0 heterocycles. The maximum atomic E-state index is 14.2. The summed E-state index contributed by atoms with van der Waals surface area (Å²) in [4.78, 5) is 0. The number of hydrogen-bond acceptors (Lipinski definition) is 1. The number of rotatable bonds is 3. The SMILES string of the molecule is CNC(c1cc(C)cc(Cl)c1)c1cc(Cl)c(Br)cc1F. The molecule has 0 bridgehead atoms. The maximum Gasteiger partial charge on any atom is 0.129 e. The summed E-state index contributed by atoms with van der Waals surface area (Å²) in [5.41, 5.74) is 2.41. The standard InChI is InChI=1S/C15H13BrCl2FN/c1-8-3-9(5-10(17)4-8)15(20-2)11-6-13(18)12(16)7-14(11)19/h3-7,15,20H,1-2H3. The Bertz CT molecular complexity index is 626. The van der Waals surface area contributed by atoms with Crippen LogP contribution >= 0.6 is 39.1 Å². The van der Waals surface area contributed by atoms with Crippen molar-refractivity contribution >= 4 is 39.1 Å². The second kappa shape index (κ2) is 6.44. The van der Waals surface area contributed by atoms with Gasteiger partial charge in [0, 0.05) is 15.1 Å². The quantitative estimate of drug-likeness (QED) is 0.696. The van der Waals surface area contributed by atoms with Crippen molar-refractivity contribution < 1.29 is 4.39 Å². The van der Waals surface area contributed by atoms with E-state index in [-0.39, 0.29) is 11.9 Å². The third kappa shape index (κ3) is 3.34. The van der Waals surface area contributed by atoms with Gasteiger partial charge in [0.25, 0.3) is 0 Å². The Morgan fingerprint density at radius 1 is 1.15 bits per heavy atom. The Morgan fingerprint density at radius 3 is 2.45 bits per heavy atom. The lowest BCUT2D eigenvalue weighted by molar-refractivity contribution is 0.575. The van der Waals surface area contributed by atoms with Crippen LogP contribution < -0.4 is 5.32 Å². The Hall–Kier alpha value is -0.610. The van der Waals surface area contributed by atoms with Gasteiger partial charge >= 0.3 is 0 Å². The summed E-state index contributed by atoms with van der Waals surface area (Å²) in [5.74, 6) is -0.321. The van der Waals surface area contributed by atoms with E-state index >= 15 is 0 Å². The molecule has 1 atom stereocenters. The Morgan fingerprint density at radius 2 is 1.85 bits per heavy atom. The number of halogens is 4. The van der Waals surface area contributed by atoms with Gasteiger partial charge < -0.3 is 5.32 Å². The van der Waals surface area contributed by atoms with Crippen LogP contribution in [0.25, 0.3) is 0 Å². The molecule has 2 aromatic rings. The lowest BCUT2D eigenvalue weighted by Gasteiger charge is -2.19. The van der Waals surface area contributed by atoms with Crippen LogP contribution in [0, 0.1) is 12.7 Å². The molecule has 1 unspecified atom stereocenters. The zero-order valence-electron chi connectivity index (χ0n) is 11.0. The first-order chi connectivity index (χ1) is 9.42. The second-order valence-corrected chi connectivity index (χ2v) is 6.27. The summed E-state index contributed by atoms with van der Waals surface area (Å²) in [5, 5.41) is 4.21. The maximum absolute atomic E-state index is 14.2. The molecule has 0 amide bonds. The molecule has 0 aromatic heterocycles. The van der Waals surface area contributed by atoms with Crippen LogP contribution in [0.4, 0.5) is 4.39 Å². The molecule has 0 spiro atoms. The zero-order valence-corrected chi connectivity index (χ0v) is 14.1. The summed E-state index contributed by atoms with van der Waals surface area (Å²) in [6.07, 6.45) is 0. The molecule has 5 heteroatoms. The summed E-state index contributed by atoms with van der Waals surface area (Å²) in [6, 6.07) is 8.35. The van der Waals surface area contributed by atoms with Gasteiger partial charge in [0.1, 0.15) is 5.82 Å². The van der Waals surface area contributed by atoms with E-state index in [0.29, 0.717) is 20.1 Å². The van der Waals surface area contributed by atoms with Gasteiger partial charge in [0.2, 0.25) is 0 Å². The molecule has 0 aliphatic rings. The summed E-state index contributed by atoms with van der Waals surface area (Å²) < 4.78 is 14.7. The first-order valence-electron chi connectivity index (χ1n) is 6.01. The summed E-state index contributed by atoms with van der Waals surface area (Å²) in [6.45, 7) is 1.95. The molecule has 0 aliphatic carbocycles. The molecular weight excluding hydrogens is 364 g/mol. The molecule has 1 nitrogen and oxygen atoms in total. The monoisotopic (exact) mass is 375 g/mol. The van der Waals surface area contributed by atoms with Crippen molar-refractivity contribution in [3.8, 4) is 0 Å². The van der Waals surface area contributed by atoms with E-state index in [9.17, 15) is 4.39 Å². The lowest BCUT2D eigenvalue weighted by atomic mass is 9.97. The van der Waals surface area contributed by atoms with Crippen LogP contribution in [-0.4, -0.2) is 7.05 Å². The van der Waals surface area contributed by atoms with Crippen LogP contribution in [0.15, 0.2) is 34.8 Å². The Labute approximate surface area is 136 Å². The summed E-state index contributed by atoms with van der Waals surface area (Å²) >= 11 is 15.4. The van der Waals surface area contributed by atoms with Crippen LogP contribution in [0.5, 0.6) is 0 Å². The minimum Gasteiger partial charge on any atom is -0.309 e. The molecule has 2 rings (SSSR count). The molecule has 0 saturated heterocycles. The van der Waals surface area contributed by atoms with Crippen molar-refractivity contribution in [2.75, 3.05) is 7.05 Å². The van der Waals surface area contributed by atoms with E-state index in [1.807, 2.05) is 25.1 Å². The van der Waals surface area contributed by atoms with Crippen LogP contribution in [0.3, 0.4) is 0 Å². The molecule has 0 radical (unpaired) electrons. The lowest BCUT2D eigenvalue weighted by Crippen LogP contribution is -2.19. The molecular formula is C15H13BrCl2FN. The third-order valence-electron chi connectivity index (χ3n) is 3.04. The van der Waals surface area contributed by atoms with Gasteiger partial charge in [-0.15, -0.1) is 0 Å². The second-order valence-electron chi connectivity index (χ2n) is 4.57. The smallest absolute Gasteiger partial charge is 0.129 e.